The summed E-state index contributed by atoms with van der Waals surface area (Å²) in [6.07, 6.45) is 0.806. The molecule has 0 bridgehead atoms. The average Bonchev–Trinajstić information content (AvgIpc) is 2.78. The van der Waals surface area contributed by atoms with Crippen molar-refractivity contribution >= 4 is 5.91 Å². The van der Waals surface area contributed by atoms with Crippen LogP contribution in [0.2, 0.25) is 0 Å². The third kappa shape index (κ3) is 4.26. The van der Waals surface area contributed by atoms with E-state index in [9.17, 15) is 4.79 Å². The minimum Gasteiger partial charge on any atom is -0.394 e. The Morgan fingerprint density at radius 1 is 1.52 bits per heavy atom. The molecule has 21 heavy (non-hydrogen) atoms. The van der Waals surface area contributed by atoms with Crippen molar-refractivity contribution in [3.8, 4) is 0 Å². The predicted molar refractivity (Wildman–Crippen MR) is 73.9 cm³/mol. The number of aliphatic hydroxyl groups excluding tert-OH is 1. The molecule has 1 amide bonds. The van der Waals surface area contributed by atoms with E-state index in [1.807, 2.05) is 6.92 Å². The Hall–Kier alpha value is -1.44. The number of carbonyl (C=O) groups excluding carboxylic acids is 1. The van der Waals surface area contributed by atoms with Crippen LogP contribution in [0.25, 0.3) is 0 Å². The van der Waals surface area contributed by atoms with E-state index < -0.39 is 0 Å². The molecule has 0 unspecified atom stereocenters. The summed E-state index contributed by atoms with van der Waals surface area (Å²) >= 11 is 0. The van der Waals surface area contributed by atoms with Gasteiger partial charge in [0, 0.05) is 12.2 Å². The molecule has 7 nitrogen and oxygen atoms in total. The molecule has 1 fully saturated rings. The van der Waals surface area contributed by atoms with Crippen molar-refractivity contribution in [1.29, 1.82) is 0 Å². The summed E-state index contributed by atoms with van der Waals surface area (Å²) in [7, 11) is 0. The van der Waals surface area contributed by atoms with Crippen LogP contribution in [-0.4, -0.2) is 54.7 Å². The molecule has 0 saturated carbocycles. The smallest absolute Gasteiger partial charge is 0.225 e. The van der Waals surface area contributed by atoms with Gasteiger partial charge in [-0.2, -0.15) is 0 Å². The van der Waals surface area contributed by atoms with Crippen LogP contribution in [0.15, 0.2) is 4.52 Å². The number of aryl methyl sites for hydroxylation is 2. The van der Waals surface area contributed by atoms with Crippen LogP contribution >= 0.6 is 0 Å². The number of nitrogens with one attached hydrogen (secondary N) is 1. The van der Waals surface area contributed by atoms with Crippen molar-refractivity contribution in [3.05, 3.63) is 17.0 Å². The maximum Gasteiger partial charge on any atom is 0.225 e. The van der Waals surface area contributed by atoms with Gasteiger partial charge in [0.25, 0.3) is 0 Å². The molecule has 2 heterocycles. The molecule has 2 rings (SSSR count). The molecular weight excluding hydrogens is 276 g/mol. The van der Waals surface area contributed by atoms with E-state index in [2.05, 4.69) is 10.5 Å². The lowest BCUT2D eigenvalue weighted by Crippen LogP contribution is -2.51. The number of carbonyl (C=O) groups is 1. The van der Waals surface area contributed by atoms with Gasteiger partial charge < -0.3 is 24.4 Å². The van der Waals surface area contributed by atoms with Crippen LogP contribution in [-0.2, 0) is 20.7 Å². The van der Waals surface area contributed by atoms with Gasteiger partial charge in [-0.25, -0.2) is 0 Å². The number of ether oxygens (including phenoxy) is 2. The number of nitrogens with zero attached hydrogens (tertiary/aromatic N) is 1. The lowest BCUT2D eigenvalue weighted by molar-refractivity contribution is -0.125. The number of hydrogen-bond acceptors (Lipinski definition) is 6. The Labute approximate surface area is 123 Å². The van der Waals surface area contributed by atoms with E-state index in [-0.39, 0.29) is 37.7 Å². The van der Waals surface area contributed by atoms with Crippen molar-refractivity contribution < 1.29 is 23.9 Å². The van der Waals surface area contributed by atoms with Gasteiger partial charge in [-0.1, -0.05) is 5.16 Å². The molecule has 0 radical (unpaired) electrons. The maximum atomic E-state index is 12.2. The molecule has 118 valence electrons. The second-order valence-corrected chi connectivity index (χ2v) is 5.15. The number of hydrogen-bond donors (Lipinski definition) is 2. The molecule has 0 spiro atoms. The summed E-state index contributed by atoms with van der Waals surface area (Å²) in [5.41, 5.74) is 1.55. The maximum absolute atomic E-state index is 12.2. The second-order valence-electron chi connectivity index (χ2n) is 5.15. The third-order valence-electron chi connectivity index (χ3n) is 3.58. The van der Waals surface area contributed by atoms with Gasteiger partial charge in [0.1, 0.15) is 5.76 Å². The summed E-state index contributed by atoms with van der Waals surface area (Å²) in [6, 6.07) is -0.196. The summed E-state index contributed by atoms with van der Waals surface area (Å²) in [6.45, 7) is 4.86. The van der Waals surface area contributed by atoms with Gasteiger partial charge in [-0.3, -0.25) is 4.79 Å². The molecule has 2 N–H and O–H groups in total. The van der Waals surface area contributed by atoms with E-state index in [1.54, 1.807) is 6.92 Å². The first-order valence-electron chi connectivity index (χ1n) is 7.13. The van der Waals surface area contributed by atoms with Gasteiger partial charge in [0.15, 0.2) is 0 Å². The number of aromatic nitrogens is 1. The SMILES string of the molecule is Cc1noc(C)c1CC(=O)N[C@@H]1COCC[C@@H]1OCCO. The molecule has 2 atom stereocenters. The lowest BCUT2D eigenvalue weighted by atomic mass is 10.1. The third-order valence-corrected chi connectivity index (χ3v) is 3.58. The largest absolute Gasteiger partial charge is 0.394 e. The highest BCUT2D eigenvalue weighted by Crippen LogP contribution is 2.15. The molecule has 7 heteroatoms. The Bertz CT molecular complexity index is 454. The van der Waals surface area contributed by atoms with Crippen molar-refractivity contribution in [2.45, 2.75) is 38.8 Å². The summed E-state index contributed by atoms with van der Waals surface area (Å²) < 4.78 is 16.0. The van der Waals surface area contributed by atoms with E-state index in [0.717, 1.165) is 11.3 Å². The Morgan fingerprint density at radius 3 is 3.00 bits per heavy atom. The molecule has 0 aromatic carbocycles. The Balaban J connectivity index is 1.91. The van der Waals surface area contributed by atoms with Gasteiger partial charge >= 0.3 is 0 Å². The normalized spacial score (nSPS) is 22.2. The second kappa shape index (κ2) is 7.53. The lowest BCUT2D eigenvalue weighted by Gasteiger charge is -2.32. The fourth-order valence-corrected chi connectivity index (χ4v) is 2.43. The zero-order valence-corrected chi connectivity index (χ0v) is 12.4. The number of rotatable bonds is 6. The summed E-state index contributed by atoms with van der Waals surface area (Å²) in [5.74, 6) is 0.549. The number of aliphatic hydroxyl groups is 1. The highest BCUT2D eigenvalue weighted by Gasteiger charge is 2.28. The molecule has 1 saturated heterocycles. The van der Waals surface area contributed by atoms with E-state index in [0.29, 0.717) is 25.4 Å². The summed E-state index contributed by atoms with van der Waals surface area (Å²) in [4.78, 5) is 12.2. The molecule has 1 aromatic rings. The van der Waals surface area contributed by atoms with Gasteiger partial charge in [-0.15, -0.1) is 0 Å². The quantitative estimate of drug-likeness (QED) is 0.774. The van der Waals surface area contributed by atoms with Gasteiger partial charge in [0.05, 0.1) is 44.1 Å². The minimum atomic E-state index is -0.196. The number of amides is 1. The van der Waals surface area contributed by atoms with Crippen molar-refractivity contribution in [2.24, 2.45) is 0 Å². The topological polar surface area (TPSA) is 93.8 Å². The monoisotopic (exact) mass is 298 g/mol. The highest BCUT2D eigenvalue weighted by atomic mass is 16.5. The van der Waals surface area contributed by atoms with Crippen LogP contribution < -0.4 is 5.32 Å². The molecular formula is C14H22N2O5. The van der Waals surface area contributed by atoms with Gasteiger partial charge in [-0.05, 0) is 20.3 Å². The minimum absolute atomic E-state index is 0.0307. The Kier molecular flexibility index (Phi) is 5.72. The van der Waals surface area contributed by atoms with Crippen molar-refractivity contribution in [3.63, 3.8) is 0 Å². The molecule has 1 aliphatic rings. The molecule has 1 aromatic heterocycles. The van der Waals surface area contributed by atoms with Crippen LogP contribution in [0.4, 0.5) is 0 Å². The highest BCUT2D eigenvalue weighted by molar-refractivity contribution is 5.79. The predicted octanol–water partition coefficient (Wildman–Crippen LogP) is 0.117. The van der Waals surface area contributed by atoms with Crippen LogP contribution in [0.3, 0.4) is 0 Å². The van der Waals surface area contributed by atoms with E-state index in [1.165, 1.54) is 0 Å². The molecule has 0 aliphatic carbocycles. The average molecular weight is 298 g/mol. The van der Waals surface area contributed by atoms with Crippen molar-refractivity contribution in [1.82, 2.24) is 10.5 Å². The van der Waals surface area contributed by atoms with Crippen LogP contribution in [0.1, 0.15) is 23.4 Å². The zero-order valence-electron chi connectivity index (χ0n) is 12.4. The summed E-state index contributed by atoms with van der Waals surface area (Å²) in [5, 5.41) is 15.6. The van der Waals surface area contributed by atoms with E-state index in [4.69, 9.17) is 19.1 Å². The first-order valence-corrected chi connectivity index (χ1v) is 7.13. The van der Waals surface area contributed by atoms with E-state index >= 15 is 0 Å². The van der Waals surface area contributed by atoms with Gasteiger partial charge in [0.2, 0.25) is 5.91 Å². The molecule has 1 aliphatic heterocycles. The zero-order chi connectivity index (χ0) is 15.2. The Morgan fingerprint density at radius 2 is 2.33 bits per heavy atom. The van der Waals surface area contributed by atoms with Crippen LogP contribution in [0, 0.1) is 13.8 Å². The van der Waals surface area contributed by atoms with Crippen molar-refractivity contribution in [2.75, 3.05) is 26.4 Å². The standard InChI is InChI=1S/C14H22N2O5/c1-9-11(10(2)21-16-9)7-14(18)15-12-8-19-5-3-13(12)20-6-4-17/h12-13,17H,3-8H2,1-2H3,(H,15,18)/t12-,13+/m1/s1. The first-order chi connectivity index (χ1) is 10.1. The van der Waals surface area contributed by atoms with Crippen LogP contribution in [0.5, 0.6) is 0 Å². The fourth-order valence-electron chi connectivity index (χ4n) is 2.43. The fraction of sp³-hybridized carbons (Fsp3) is 0.714. The first kappa shape index (κ1) is 15.9.